The molecule has 2 aliphatic heterocycles. The summed E-state index contributed by atoms with van der Waals surface area (Å²) in [5.41, 5.74) is 3.43. The number of ether oxygens (including phenoxy) is 3. The van der Waals surface area contributed by atoms with E-state index >= 15 is 8.78 Å². The topological polar surface area (TPSA) is 180 Å². The van der Waals surface area contributed by atoms with Crippen LogP contribution in [0.4, 0.5) is 8.78 Å². The number of halogens is 2. The predicted octanol–water partition coefficient (Wildman–Crippen LogP) is 3.55. The molecular weight excluding hydrogens is 626 g/mol. The van der Waals surface area contributed by atoms with Gasteiger partial charge in [-0.15, -0.1) is 0 Å². The highest BCUT2D eigenvalue weighted by atomic mass is 31.2. The summed E-state index contributed by atoms with van der Waals surface area (Å²) in [6.45, 7) is 15.0. The number of rotatable bonds is 15. The van der Waals surface area contributed by atoms with Gasteiger partial charge in [0.05, 0.1) is 36.9 Å². The maximum absolute atomic E-state index is 16.3. The molecule has 18 heteroatoms. The highest BCUT2D eigenvalue weighted by Gasteiger charge is 2.69. The molecular formula is C26H45F2N5O9P2. The van der Waals surface area contributed by atoms with E-state index in [9.17, 15) is 18.7 Å². The Kier molecular flexibility index (Phi) is 12.5. The van der Waals surface area contributed by atoms with Gasteiger partial charge in [-0.2, -0.15) is 0 Å². The van der Waals surface area contributed by atoms with Gasteiger partial charge in [0.15, 0.2) is 0 Å². The highest BCUT2D eigenvalue weighted by Crippen LogP contribution is 2.55. The van der Waals surface area contributed by atoms with Crippen LogP contribution in [0.2, 0.25) is 0 Å². The van der Waals surface area contributed by atoms with Crippen LogP contribution in [0.1, 0.15) is 48.5 Å². The summed E-state index contributed by atoms with van der Waals surface area (Å²) in [6, 6.07) is -2.10. The molecule has 1 saturated heterocycles. The Hall–Kier alpha value is -2.19. The third kappa shape index (κ3) is 9.65. The lowest BCUT2D eigenvalue weighted by Crippen LogP contribution is -2.52. The number of nitrogens with one attached hydrogen (secondary N) is 2. The van der Waals surface area contributed by atoms with Crippen molar-refractivity contribution in [1.82, 2.24) is 15.1 Å². The van der Waals surface area contributed by atoms with Crippen molar-refractivity contribution in [2.24, 2.45) is 16.1 Å². The Labute approximate surface area is 257 Å². The SMILES string of the molecule is C=C1N=C(N)C=CN1[C@@H]1O[C@H](COP(C)(=O)N[C@@H](C)C(=O)OC(C)C)C(C)(COP(C)(=O)N[C@@H](C)C(=O)OC(C)C)C1(F)F. The molecule has 7 atom stereocenters. The molecule has 2 heterocycles. The average Bonchev–Trinajstić information content (AvgIpc) is 3.05. The number of nitrogens with zero attached hydrogens (tertiary/aromatic N) is 2. The molecule has 0 aromatic heterocycles. The van der Waals surface area contributed by atoms with E-state index in [0.717, 1.165) is 18.5 Å². The summed E-state index contributed by atoms with van der Waals surface area (Å²) in [5.74, 6) is -5.20. The molecule has 252 valence electrons. The van der Waals surface area contributed by atoms with E-state index in [2.05, 4.69) is 21.7 Å². The largest absolute Gasteiger partial charge is 0.462 e. The van der Waals surface area contributed by atoms with Gasteiger partial charge in [0.1, 0.15) is 23.7 Å². The fourth-order valence-electron chi connectivity index (χ4n) is 4.26. The second-order valence-corrected chi connectivity index (χ2v) is 16.0. The number of esters is 2. The lowest BCUT2D eigenvalue weighted by molar-refractivity contribution is -0.159. The van der Waals surface area contributed by atoms with Crippen molar-refractivity contribution in [3.05, 3.63) is 24.7 Å². The first kappa shape index (κ1) is 38.0. The summed E-state index contributed by atoms with van der Waals surface area (Å²) in [6.07, 6.45) is -1.81. The van der Waals surface area contributed by atoms with Gasteiger partial charge in [-0.05, 0) is 54.5 Å². The van der Waals surface area contributed by atoms with Crippen LogP contribution in [0.5, 0.6) is 0 Å². The van der Waals surface area contributed by atoms with Gasteiger partial charge in [-0.25, -0.2) is 23.9 Å². The summed E-state index contributed by atoms with van der Waals surface area (Å²) in [7, 11) is -7.65. The second-order valence-electron chi connectivity index (χ2n) is 11.6. The van der Waals surface area contributed by atoms with E-state index in [1.165, 1.54) is 32.8 Å². The van der Waals surface area contributed by atoms with Crippen molar-refractivity contribution >= 4 is 32.8 Å². The van der Waals surface area contributed by atoms with Crippen LogP contribution in [0.3, 0.4) is 0 Å². The Balaban J connectivity index is 2.31. The van der Waals surface area contributed by atoms with Gasteiger partial charge < -0.3 is 33.9 Å². The molecule has 0 bridgehead atoms. The zero-order valence-electron chi connectivity index (χ0n) is 26.5. The Morgan fingerprint density at radius 3 is 1.98 bits per heavy atom. The van der Waals surface area contributed by atoms with E-state index in [1.807, 2.05) is 0 Å². The summed E-state index contributed by atoms with van der Waals surface area (Å²) in [4.78, 5) is 29.3. The van der Waals surface area contributed by atoms with E-state index in [4.69, 9.17) is 29.0 Å². The average molecular weight is 672 g/mol. The normalized spacial score (nSPS) is 27.4. The third-order valence-electron chi connectivity index (χ3n) is 6.64. The van der Waals surface area contributed by atoms with E-state index < -0.39 is 88.2 Å². The van der Waals surface area contributed by atoms with Crippen molar-refractivity contribution in [2.75, 3.05) is 26.5 Å². The van der Waals surface area contributed by atoms with Crippen LogP contribution in [-0.4, -0.2) is 91.8 Å². The number of carbonyl (C=O) groups is 2. The van der Waals surface area contributed by atoms with Gasteiger partial charge in [0, 0.05) is 19.5 Å². The predicted molar refractivity (Wildman–Crippen MR) is 160 cm³/mol. The molecule has 14 nitrogen and oxygen atoms in total. The smallest absolute Gasteiger partial charge is 0.323 e. The van der Waals surface area contributed by atoms with Gasteiger partial charge in [0.2, 0.25) is 6.23 Å². The molecule has 44 heavy (non-hydrogen) atoms. The summed E-state index contributed by atoms with van der Waals surface area (Å²) in [5, 5.41) is 5.05. The molecule has 4 N–H and O–H groups in total. The second kappa shape index (κ2) is 14.5. The molecule has 1 fully saturated rings. The first-order valence-electron chi connectivity index (χ1n) is 13.9. The minimum atomic E-state index is -3.87. The van der Waals surface area contributed by atoms with Crippen LogP contribution in [0, 0.1) is 5.41 Å². The number of hydrogen-bond donors (Lipinski definition) is 3. The molecule has 0 aliphatic carbocycles. The van der Waals surface area contributed by atoms with Gasteiger partial charge in [0.25, 0.3) is 15.0 Å². The molecule has 0 aromatic rings. The van der Waals surface area contributed by atoms with Crippen molar-refractivity contribution in [2.45, 2.75) is 91.0 Å². The van der Waals surface area contributed by atoms with Gasteiger partial charge in [-0.3, -0.25) is 18.7 Å². The number of hydrogen-bond acceptors (Lipinski definition) is 12. The van der Waals surface area contributed by atoms with Crippen LogP contribution < -0.4 is 15.9 Å². The highest BCUT2D eigenvalue weighted by molar-refractivity contribution is 7.56. The van der Waals surface area contributed by atoms with Gasteiger partial charge >= 0.3 is 17.9 Å². The van der Waals surface area contributed by atoms with Gasteiger partial charge in [-0.1, -0.05) is 6.58 Å². The molecule has 0 spiro atoms. The van der Waals surface area contributed by atoms with Crippen molar-refractivity contribution < 1.29 is 50.8 Å². The van der Waals surface area contributed by atoms with E-state index in [1.54, 1.807) is 27.7 Å². The van der Waals surface area contributed by atoms with E-state index in [0.29, 0.717) is 0 Å². The standard InChI is InChI=1S/C26H45F2N5O9P2/c1-15(2)40-22(34)17(5)31-43(9,36)38-13-20-25(8,14-39-44(10,37)32-18(6)23(35)41-16(3)4)26(27,28)24(42-20)33-12-11-21(29)30-19(33)7/h11-12,15-18,20,24H,7,13-14H2,1-6,8-10H3,(H2,29,30)(H,31,36)(H,32,37)/t17-,18-,20+,24+,25?,43?,44?/m0/s1. The lowest BCUT2D eigenvalue weighted by Gasteiger charge is -2.37. The number of amidine groups is 1. The van der Waals surface area contributed by atoms with Crippen molar-refractivity contribution in [3.8, 4) is 0 Å². The molecule has 0 saturated carbocycles. The molecule has 0 radical (unpaired) electrons. The minimum Gasteiger partial charge on any atom is -0.462 e. The lowest BCUT2D eigenvalue weighted by atomic mass is 9.80. The van der Waals surface area contributed by atoms with Crippen molar-refractivity contribution in [3.63, 3.8) is 0 Å². The molecule has 2 aliphatic rings. The van der Waals surface area contributed by atoms with Crippen LogP contribution in [0.25, 0.3) is 0 Å². The third-order valence-corrected chi connectivity index (χ3v) is 9.62. The number of alkyl halides is 2. The first-order chi connectivity index (χ1) is 20.0. The van der Waals surface area contributed by atoms with Crippen molar-refractivity contribution in [1.29, 1.82) is 0 Å². The maximum Gasteiger partial charge on any atom is 0.323 e. The first-order valence-corrected chi connectivity index (χ1v) is 18.1. The molecule has 0 aromatic carbocycles. The monoisotopic (exact) mass is 671 g/mol. The molecule has 3 unspecified atom stereocenters. The zero-order chi connectivity index (χ0) is 33.8. The molecule has 2 rings (SSSR count). The Bertz CT molecular complexity index is 1250. The fourth-order valence-corrected chi connectivity index (χ4v) is 6.96. The quantitative estimate of drug-likeness (QED) is 0.170. The van der Waals surface area contributed by atoms with E-state index in [-0.39, 0.29) is 11.7 Å². The number of carbonyl (C=O) groups excluding carboxylic acids is 2. The number of nitrogens with two attached hydrogens (primary N) is 1. The van der Waals surface area contributed by atoms with Crippen LogP contribution >= 0.6 is 15.0 Å². The Morgan fingerprint density at radius 2 is 1.52 bits per heavy atom. The summed E-state index contributed by atoms with van der Waals surface area (Å²) < 4.78 is 86.2. The molecule has 0 amide bonds. The fraction of sp³-hybridized carbons (Fsp3) is 0.731. The minimum absolute atomic E-state index is 0.0461. The van der Waals surface area contributed by atoms with Crippen LogP contribution in [-0.2, 0) is 42.0 Å². The maximum atomic E-state index is 16.3. The van der Waals surface area contributed by atoms with Crippen LogP contribution in [0.15, 0.2) is 29.7 Å². The number of aliphatic imine (C=N–C) groups is 1. The summed E-state index contributed by atoms with van der Waals surface area (Å²) >= 11 is 0. The Morgan fingerprint density at radius 1 is 1.05 bits per heavy atom. The zero-order valence-corrected chi connectivity index (χ0v) is 28.3.